The van der Waals surface area contributed by atoms with Gasteiger partial charge < -0.3 is 20.9 Å². The fourth-order valence-electron chi connectivity index (χ4n) is 6.17. The van der Waals surface area contributed by atoms with Gasteiger partial charge in [-0.15, -0.1) is 0 Å². The van der Waals surface area contributed by atoms with Gasteiger partial charge in [0.1, 0.15) is 0 Å². The largest absolute Gasteiger partial charge is 0.353 e. The van der Waals surface area contributed by atoms with Crippen LogP contribution in [-0.4, -0.2) is 56.1 Å². The lowest BCUT2D eigenvalue weighted by Crippen LogP contribution is -2.53. The molecule has 1 amide bonds. The van der Waals surface area contributed by atoms with Crippen molar-refractivity contribution in [2.24, 2.45) is 5.41 Å². The summed E-state index contributed by atoms with van der Waals surface area (Å²) in [5.41, 5.74) is 1.65. The van der Waals surface area contributed by atoms with E-state index in [2.05, 4.69) is 59.8 Å². The normalized spacial score (nSPS) is 26.9. The molecule has 36 heavy (non-hydrogen) atoms. The van der Waals surface area contributed by atoms with Crippen LogP contribution in [0, 0.1) is 5.41 Å². The van der Waals surface area contributed by atoms with Crippen LogP contribution >= 0.6 is 23.2 Å². The number of carbonyl (C=O) groups excluding carboxylic acids is 1. The minimum atomic E-state index is -0.542. The number of nitrogens with zero attached hydrogens (tertiary/aromatic N) is 1. The number of hydrogen-bond acceptors (Lipinski definition) is 4. The molecular formula is C29H40Cl2N4O. The van der Waals surface area contributed by atoms with Crippen LogP contribution < -0.4 is 16.0 Å². The summed E-state index contributed by atoms with van der Waals surface area (Å²) in [5.74, 6) is -0.148. The maximum atomic E-state index is 13.8. The van der Waals surface area contributed by atoms with Crippen molar-refractivity contribution in [3.63, 3.8) is 0 Å². The van der Waals surface area contributed by atoms with Gasteiger partial charge in [0.15, 0.2) is 0 Å². The van der Waals surface area contributed by atoms with E-state index >= 15 is 0 Å². The van der Waals surface area contributed by atoms with Crippen molar-refractivity contribution in [2.75, 3.05) is 33.2 Å². The summed E-state index contributed by atoms with van der Waals surface area (Å²) in [4.78, 5) is 16.2. The Morgan fingerprint density at radius 1 is 1.08 bits per heavy atom. The molecule has 0 spiro atoms. The van der Waals surface area contributed by atoms with Crippen molar-refractivity contribution in [1.29, 1.82) is 0 Å². The zero-order chi connectivity index (χ0) is 25.9. The Morgan fingerprint density at radius 2 is 1.78 bits per heavy atom. The second-order valence-corrected chi connectivity index (χ2v) is 12.3. The maximum Gasteiger partial charge on any atom is 0.237 e. The fourth-order valence-corrected chi connectivity index (χ4v) is 6.50. The van der Waals surface area contributed by atoms with Gasteiger partial charge >= 0.3 is 0 Å². The lowest BCUT2D eigenvalue weighted by atomic mass is 9.68. The molecule has 2 saturated heterocycles. The topological polar surface area (TPSA) is 56.4 Å². The predicted molar refractivity (Wildman–Crippen MR) is 150 cm³/mol. The van der Waals surface area contributed by atoms with Crippen molar-refractivity contribution in [1.82, 2.24) is 20.9 Å². The molecule has 4 atom stereocenters. The number of carbonyl (C=O) groups is 1. The van der Waals surface area contributed by atoms with Gasteiger partial charge in [0.25, 0.3) is 0 Å². The molecule has 0 saturated carbocycles. The summed E-state index contributed by atoms with van der Waals surface area (Å²) in [6.45, 7) is 10.5. The first-order valence-corrected chi connectivity index (χ1v) is 13.9. The third-order valence-electron chi connectivity index (χ3n) is 7.72. The highest BCUT2D eigenvalue weighted by molar-refractivity contribution is 6.30. The van der Waals surface area contributed by atoms with Crippen molar-refractivity contribution >= 4 is 29.1 Å². The van der Waals surface area contributed by atoms with Gasteiger partial charge in [-0.25, -0.2) is 0 Å². The van der Waals surface area contributed by atoms with Crippen LogP contribution in [0.4, 0.5) is 0 Å². The molecule has 2 aliphatic heterocycles. The van der Waals surface area contributed by atoms with Crippen LogP contribution in [0.25, 0.3) is 0 Å². The number of hydrogen-bond donors (Lipinski definition) is 3. The van der Waals surface area contributed by atoms with Gasteiger partial charge in [-0.1, -0.05) is 68.2 Å². The summed E-state index contributed by atoms with van der Waals surface area (Å²) >= 11 is 12.8. The van der Waals surface area contributed by atoms with Gasteiger partial charge in [0.2, 0.25) is 5.91 Å². The van der Waals surface area contributed by atoms with E-state index in [9.17, 15) is 4.79 Å². The smallest absolute Gasteiger partial charge is 0.237 e. The second-order valence-electron chi connectivity index (χ2n) is 11.5. The average Bonchev–Trinajstić information content (AvgIpc) is 3.45. The van der Waals surface area contributed by atoms with Crippen LogP contribution in [0.2, 0.25) is 10.0 Å². The quantitative estimate of drug-likeness (QED) is 0.440. The third-order valence-corrected chi connectivity index (χ3v) is 8.21. The Kier molecular flexibility index (Phi) is 8.68. The molecule has 3 N–H and O–H groups in total. The standard InChI is InChI=1S/C29H40Cl2N4O/c1-28(2,3)19-24-29(32-4,21-10-12-22(30)13-11-21)25(20-8-7-9-23(31)18-20)26(34-24)27(36)33-14-17-35-15-5-6-16-35/h7-13,18,24-26,32,34H,5-6,14-17,19H2,1-4H3,(H,33,36). The number of likely N-dealkylation sites (tertiary alicyclic amines) is 1. The molecule has 5 nitrogen and oxygen atoms in total. The number of benzene rings is 2. The number of rotatable bonds is 8. The van der Waals surface area contributed by atoms with Crippen LogP contribution in [0.5, 0.6) is 0 Å². The summed E-state index contributed by atoms with van der Waals surface area (Å²) in [5, 5.41) is 12.1. The molecule has 2 aliphatic rings. The number of likely N-dealkylation sites (N-methyl/N-ethyl adjacent to an activating group) is 1. The van der Waals surface area contributed by atoms with Gasteiger partial charge in [0.05, 0.1) is 11.6 Å². The molecule has 4 rings (SSSR count). The third kappa shape index (κ3) is 5.92. The molecule has 2 aromatic carbocycles. The Balaban J connectivity index is 1.75. The summed E-state index contributed by atoms with van der Waals surface area (Å²) in [6, 6.07) is 15.6. The van der Waals surface area contributed by atoms with E-state index in [4.69, 9.17) is 23.2 Å². The molecular weight excluding hydrogens is 491 g/mol. The second kappa shape index (κ2) is 11.4. The van der Waals surface area contributed by atoms with Crippen LogP contribution in [0.15, 0.2) is 48.5 Å². The maximum absolute atomic E-state index is 13.8. The highest BCUT2D eigenvalue weighted by atomic mass is 35.5. The molecule has 7 heteroatoms. The summed E-state index contributed by atoms with van der Waals surface area (Å²) in [6.07, 6.45) is 3.37. The Labute approximate surface area is 226 Å². The van der Waals surface area contributed by atoms with E-state index in [1.165, 1.54) is 12.8 Å². The van der Waals surface area contributed by atoms with E-state index in [0.717, 1.165) is 37.2 Å². The highest BCUT2D eigenvalue weighted by Crippen LogP contribution is 2.49. The van der Waals surface area contributed by atoms with Crippen molar-refractivity contribution in [3.8, 4) is 0 Å². The van der Waals surface area contributed by atoms with Crippen molar-refractivity contribution in [3.05, 3.63) is 69.7 Å². The SMILES string of the molecule is CNC1(c2ccc(Cl)cc2)C(CC(C)(C)C)NC(C(=O)NCCN2CCCC2)C1c1cccc(Cl)c1. The number of nitrogens with one attached hydrogen (secondary N) is 3. The van der Waals surface area contributed by atoms with Gasteiger partial charge in [-0.2, -0.15) is 0 Å². The first-order valence-electron chi connectivity index (χ1n) is 13.1. The Bertz CT molecular complexity index is 1030. The molecule has 0 aromatic heterocycles. The highest BCUT2D eigenvalue weighted by Gasteiger charge is 2.58. The lowest BCUT2D eigenvalue weighted by Gasteiger charge is -2.43. The molecule has 2 fully saturated rings. The number of amides is 1. The van der Waals surface area contributed by atoms with Crippen molar-refractivity contribution in [2.45, 2.75) is 63.6 Å². The van der Waals surface area contributed by atoms with E-state index in [1.807, 2.05) is 37.4 Å². The fraction of sp³-hybridized carbons (Fsp3) is 0.552. The monoisotopic (exact) mass is 530 g/mol. The van der Waals surface area contributed by atoms with E-state index in [1.54, 1.807) is 0 Å². The van der Waals surface area contributed by atoms with E-state index in [-0.39, 0.29) is 23.3 Å². The van der Waals surface area contributed by atoms with Crippen LogP contribution in [0.1, 0.15) is 57.1 Å². The van der Waals surface area contributed by atoms with Crippen LogP contribution in [-0.2, 0) is 10.3 Å². The molecule has 2 aromatic rings. The molecule has 0 bridgehead atoms. The van der Waals surface area contributed by atoms with Gasteiger partial charge in [0, 0.05) is 35.1 Å². The lowest BCUT2D eigenvalue weighted by molar-refractivity contribution is -0.123. The Hall–Kier alpha value is -1.63. The molecule has 2 heterocycles. The van der Waals surface area contributed by atoms with Gasteiger partial charge in [-0.05, 0) is 80.2 Å². The average molecular weight is 532 g/mol. The summed E-state index contributed by atoms with van der Waals surface area (Å²) < 4.78 is 0. The first-order chi connectivity index (χ1) is 17.1. The molecule has 196 valence electrons. The summed E-state index contributed by atoms with van der Waals surface area (Å²) in [7, 11) is 2.00. The minimum absolute atomic E-state index is 0.00184. The van der Waals surface area contributed by atoms with Crippen molar-refractivity contribution < 1.29 is 4.79 Å². The minimum Gasteiger partial charge on any atom is -0.353 e. The van der Waals surface area contributed by atoms with E-state index in [0.29, 0.717) is 16.6 Å². The molecule has 4 unspecified atom stereocenters. The number of halogens is 2. The Morgan fingerprint density at radius 3 is 2.39 bits per heavy atom. The molecule has 0 radical (unpaired) electrons. The van der Waals surface area contributed by atoms with E-state index < -0.39 is 11.6 Å². The zero-order valence-corrected chi connectivity index (χ0v) is 23.4. The van der Waals surface area contributed by atoms with Crippen LogP contribution in [0.3, 0.4) is 0 Å². The predicted octanol–water partition coefficient (Wildman–Crippen LogP) is 5.18. The zero-order valence-electron chi connectivity index (χ0n) is 21.9. The molecule has 0 aliphatic carbocycles. The van der Waals surface area contributed by atoms with Gasteiger partial charge in [-0.3, -0.25) is 4.79 Å². The first kappa shape index (κ1) is 27.4.